The van der Waals surface area contributed by atoms with Crippen molar-refractivity contribution in [3.05, 3.63) is 50.9 Å². The molecule has 0 aliphatic carbocycles. The van der Waals surface area contributed by atoms with Gasteiger partial charge < -0.3 is 9.55 Å². The lowest BCUT2D eigenvalue weighted by molar-refractivity contribution is 0.498. The molecular formula is C14H12F2N2S2. The molecule has 2 nitrogen and oxygen atoms in total. The summed E-state index contributed by atoms with van der Waals surface area (Å²) in [5.41, 5.74) is 1.89. The van der Waals surface area contributed by atoms with Gasteiger partial charge in [0.25, 0.3) is 0 Å². The van der Waals surface area contributed by atoms with Crippen molar-refractivity contribution in [2.45, 2.75) is 19.4 Å². The lowest BCUT2D eigenvalue weighted by atomic mass is 10.1. The second-order valence-corrected chi connectivity index (χ2v) is 5.91. The molecule has 1 N–H and O–H groups in total. The van der Waals surface area contributed by atoms with E-state index in [4.69, 9.17) is 12.2 Å². The van der Waals surface area contributed by atoms with Gasteiger partial charge in [-0.25, -0.2) is 8.78 Å². The Balaban J connectivity index is 2.13. The highest BCUT2D eigenvalue weighted by Gasteiger charge is 2.17. The Labute approximate surface area is 123 Å². The molecule has 0 aliphatic rings. The first-order chi connectivity index (χ1) is 9.58. The Morgan fingerprint density at radius 1 is 1.35 bits per heavy atom. The second kappa shape index (κ2) is 5.10. The number of H-pyrrole nitrogens is 1. The first-order valence-electron chi connectivity index (χ1n) is 6.17. The summed E-state index contributed by atoms with van der Waals surface area (Å²) in [6.45, 7) is 1.95. The molecule has 3 rings (SSSR count). The first kappa shape index (κ1) is 13.5. The number of aromatic nitrogens is 2. The van der Waals surface area contributed by atoms with E-state index in [1.165, 1.54) is 6.07 Å². The number of nitrogens with zero attached hydrogens (tertiary/aromatic N) is 1. The van der Waals surface area contributed by atoms with Gasteiger partial charge in [0.15, 0.2) is 16.4 Å². The smallest absolute Gasteiger partial charge is 0.184 e. The number of aromatic amines is 1. The molecule has 3 aromatic rings. The van der Waals surface area contributed by atoms with Crippen LogP contribution in [0.1, 0.15) is 18.5 Å². The highest BCUT2D eigenvalue weighted by Crippen LogP contribution is 2.26. The number of rotatable bonds is 3. The molecule has 0 bridgehead atoms. The number of thiophene rings is 1. The molecule has 1 unspecified atom stereocenters. The Morgan fingerprint density at radius 3 is 2.85 bits per heavy atom. The van der Waals surface area contributed by atoms with Crippen molar-refractivity contribution in [2.24, 2.45) is 0 Å². The van der Waals surface area contributed by atoms with Crippen LogP contribution in [0.15, 0.2) is 29.0 Å². The lowest BCUT2D eigenvalue weighted by Crippen LogP contribution is -2.09. The van der Waals surface area contributed by atoms with Crippen molar-refractivity contribution in [3.8, 4) is 0 Å². The third-order valence-electron chi connectivity index (χ3n) is 3.32. The minimum absolute atomic E-state index is 0.0536. The minimum Gasteiger partial charge on any atom is -0.330 e. The van der Waals surface area contributed by atoms with Crippen molar-refractivity contribution in [3.63, 3.8) is 0 Å². The monoisotopic (exact) mass is 310 g/mol. The molecule has 104 valence electrons. The number of fused-ring (bicyclic) bond motifs is 1. The molecule has 0 fully saturated rings. The maximum Gasteiger partial charge on any atom is 0.184 e. The van der Waals surface area contributed by atoms with Gasteiger partial charge in [0.05, 0.1) is 5.52 Å². The van der Waals surface area contributed by atoms with Crippen molar-refractivity contribution in [2.75, 3.05) is 0 Å². The maximum absolute atomic E-state index is 14.1. The molecule has 2 heterocycles. The van der Waals surface area contributed by atoms with Gasteiger partial charge in [0, 0.05) is 6.04 Å². The topological polar surface area (TPSA) is 20.7 Å². The van der Waals surface area contributed by atoms with Crippen LogP contribution in [-0.2, 0) is 6.42 Å². The molecule has 6 heteroatoms. The van der Waals surface area contributed by atoms with Gasteiger partial charge in [-0.2, -0.15) is 11.3 Å². The Kier molecular flexibility index (Phi) is 3.43. The summed E-state index contributed by atoms with van der Waals surface area (Å²) in [5.74, 6) is -1.71. The van der Waals surface area contributed by atoms with Crippen molar-refractivity contribution in [1.29, 1.82) is 0 Å². The molecule has 2 aromatic heterocycles. The molecule has 20 heavy (non-hydrogen) atoms. The van der Waals surface area contributed by atoms with Crippen LogP contribution < -0.4 is 0 Å². The number of hydrogen-bond acceptors (Lipinski definition) is 2. The summed E-state index contributed by atoms with van der Waals surface area (Å²) < 4.78 is 29.6. The van der Waals surface area contributed by atoms with Crippen molar-refractivity contribution in [1.82, 2.24) is 9.55 Å². The standard InChI is InChI=1S/C14H12F2N2S2/c1-8(6-9-4-5-20-7-9)18-13-11(17-14(18)19)3-2-10(15)12(13)16/h2-5,7-8H,6H2,1H3,(H,17,19). The molecule has 0 spiro atoms. The zero-order valence-electron chi connectivity index (χ0n) is 10.7. The first-order valence-corrected chi connectivity index (χ1v) is 7.52. The highest BCUT2D eigenvalue weighted by molar-refractivity contribution is 7.71. The van der Waals surface area contributed by atoms with Crippen LogP contribution >= 0.6 is 23.6 Å². The van der Waals surface area contributed by atoms with E-state index < -0.39 is 11.6 Å². The van der Waals surface area contributed by atoms with E-state index in [2.05, 4.69) is 4.98 Å². The fourth-order valence-electron chi connectivity index (χ4n) is 2.42. The molecule has 0 amide bonds. The van der Waals surface area contributed by atoms with E-state index in [0.717, 1.165) is 18.1 Å². The largest absolute Gasteiger partial charge is 0.330 e. The maximum atomic E-state index is 14.1. The quantitative estimate of drug-likeness (QED) is 0.686. The summed E-state index contributed by atoms with van der Waals surface area (Å²) in [5, 5.41) is 4.04. The van der Waals surface area contributed by atoms with E-state index >= 15 is 0 Å². The SMILES string of the molecule is CC(Cc1ccsc1)n1c(=S)[nH]c2ccc(F)c(F)c21. The van der Waals surface area contributed by atoms with Crippen LogP contribution in [0.2, 0.25) is 0 Å². The summed E-state index contributed by atoms with van der Waals surface area (Å²) in [7, 11) is 0. The predicted molar refractivity (Wildman–Crippen MR) is 79.8 cm³/mol. The lowest BCUT2D eigenvalue weighted by Gasteiger charge is -2.14. The average molecular weight is 310 g/mol. The van der Waals surface area contributed by atoms with Crippen LogP contribution in [0.25, 0.3) is 11.0 Å². The van der Waals surface area contributed by atoms with Crippen molar-refractivity contribution >= 4 is 34.6 Å². The van der Waals surface area contributed by atoms with Gasteiger partial charge in [-0.05, 0) is 60.1 Å². The summed E-state index contributed by atoms with van der Waals surface area (Å²) in [4.78, 5) is 2.93. The zero-order valence-corrected chi connectivity index (χ0v) is 12.3. The van der Waals surface area contributed by atoms with Gasteiger partial charge in [-0.3, -0.25) is 0 Å². The highest BCUT2D eigenvalue weighted by atomic mass is 32.1. The predicted octanol–water partition coefficient (Wildman–Crippen LogP) is 4.84. The minimum atomic E-state index is -0.858. The van der Waals surface area contributed by atoms with Crippen LogP contribution in [0, 0.1) is 16.4 Å². The zero-order chi connectivity index (χ0) is 14.3. The van der Waals surface area contributed by atoms with Crippen LogP contribution in [-0.4, -0.2) is 9.55 Å². The van der Waals surface area contributed by atoms with Crippen LogP contribution in [0.5, 0.6) is 0 Å². The average Bonchev–Trinajstić information content (AvgIpc) is 3.01. The third kappa shape index (κ3) is 2.19. The summed E-state index contributed by atoms with van der Waals surface area (Å²) in [6.07, 6.45) is 0.723. The molecule has 0 aliphatic heterocycles. The van der Waals surface area contributed by atoms with Crippen LogP contribution in [0.4, 0.5) is 8.78 Å². The van der Waals surface area contributed by atoms with E-state index in [0.29, 0.717) is 10.3 Å². The molecule has 0 saturated heterocycles. The summed E-state index contributed by atoms with van der Waals surface area (Å²) >= 11 is 6.86. The molecule has 1 atom stereocenters. The number of hydrogen-bond donors (Lipinski definition) is 1. The Morgan fingerprint density at radius 2 is 2.15 bits per heavy atom. The number of benzene rings is 1. The van der Waals surface area contributed by atoms with Gasteiger partial charge in [0.2, 0.25) is 0 Å². The Hall–Kier alpha value is -1.53. The fourth-order valence-corrected chi connectivity index (χ4v) is 3.48. The van der Waals surface area contributed by atoms with Crippen molar-refractivity contribution < 1.29 is 8.78 Å². The second-order valence-electron chi connectivity index (χ2n) is 4.74. The van der Waals surface area contributed by atoms with E-state index in [1.807, 2.05) is 23.8 Å². The molecular weight excluding hydrogens is 298 g/mol. The fraction of sp³-hybridized carbons (Fsp3) is 0.214. The van der Waals surface area contributed by atoms with Gasteiger partial charge in [-0.1, -0.05) is 0 Å². The molecule has 1 aromatic carbocycles. The number of nitrogens with one attached hydrogen (secondary N) is 1. The number of imidazole rings is 1. The van der Waals surface area contributed by atoms with E-state index in [9.17, 15) is 8.78 Å². The van der Waals surface area contributed by atoms with Crippen LogP contribution in [0.3, 0.4) is 0 Å². The molecule has 0 saturated carbocycles. The van der Waals surface area contributed by atoms with Gasteiger partial charge in [0.1, 0.15) is 5.52 Å². The Bertz CT molecular complexity index is 803. The normalized spacial score (nSPS) is 12.9. The third-order valence-corrected chi connectivity index (χ3v) is 4.35. The number of halogens is 2. The van der Waals surface area contributed by atoms with E-state index in [1.54, 1.807) is 15.9 Å². The van der Waals surface area contributed by atoms with Gasteiger partial charge >= 0.3 is 0 Å². The summed E-state index contributed by atoms with van der Waals surface area (Å²) in [6, 6.07) is 4.59. The van der Waals surface area contributed by atoms with E-state index in [-0.39, 0.29) is 11.6 Å². The van der Waals surface area contributed by atoms with Gasteiger partial charge in [-0.15, -0.1) is 0 Å². The molecule has 0 radical (unpaired) electrons.